The van der Waals surface area contributed by atoms with Crippen molar-refractivity contribution in [1.29, 1.82) is 0 Å². The van der Waals surface area contributed by atoms with Gasteiger partial charge in [-0.15, -0.1) is 0 Å². The van der Waals surface area contributed by atoms with Crippen molar-refractivity contribution in [1.82, 2.24) is 5.32 Å². The molecule has 0 saturated carbocycles. The van der Waals surface area contributed by atoms with Crippen molar-refractivity contribution in [3.05, 3.63) is 0 Å². The highest BCUT2D eigenvalue weighted by Gasteiger charge is 2.58. The van der Waals surface area contributed by atoms with Crippen molar-refractivity contribution < 1.29 is 53.8 Å². The van der Waals surface area contributed by atoms with Crippen molar-refractivity contribution in [3.8, 4) is 0 Å². The van der Waals surface area contributed by atoms with Gasteiger partial charge in [-0.3, -0.25) is 14.4 Å². The maximum atomic E-state index is 12.3. The molecule has 6 atom stereocenters. The molecule has 1 unspecified atom stereocenters. The summed E-state index contributed by atoms with van der Waals surface area (Å²) in [6, 6.07) is -1.34. The molecule has 1 fully saturated rings. The van der Waals surface area contributed by atoms with Crippen LogP contribution in [0.2, 0.25) is 0 Å². The van der Waals surface area contributed by atoms with Gasteiger partial charge in [-0.1, -0.05) is 0 Å². The predicted molar refractivity (Wildman–Crippen MR) is 83.5 cm³/mol. The molecule has 0 aromatic heterocycles. The minimum Gasteiger partial charge on any atom is -0.421 e. The number of carbonyl (C=O) groups excluding carboxylic acids is 4. The van der Waals surface area contributed by atoms with Crippen molar-refractivity contribution in [2.24, 2.45) is 0 Å². The summed E-state index contributed by atoms with van der Waals surface area (Å²) in [5, 5.41) is 41.6. The molecule has 154 valence electrons. The number of rotatable bonds is 6. The predicted octanol–water partition coefficient (Wildman–Crippen LogP) is -3.30. The molecule has 12 heteroatoms. The van der Waals surface area contributed by atoms with Crippen LogP contribution in [-0.4, -0.2) is 87.1 Å². The molecule has 12 nitrogen and oxygen atoms in total. The molecular weight excluding hydrogens is 370 g/mol. The lowest BCUT2D eigenvalue weighted by molar-refractivity contribution is -0.301. The fourth-order valence-electron chi connectivity index (χ4n) is 2.66. The summed E-state index contributed by atoms with van der Waals surface area (Å²) in [7, 11) is 0. The first-order chi connectivity index (χ1) is 12.4. The van der Waals surface area contributed by atoms with Crippen molar-refractivity contribution in [2.45, 2.75) is 63.4 Å². The third-order valence-corrected chi connectivity index (χ3v) is 3.72. The monoisotopic (exact) mass is 393 g/mol. The smallest absolute Gasteiger partial charge is 0.387 e. The van der Waals surface area contributed by atoms with E-state index in [2.05, 4.69) is 10.1 Å². The molecule has 0 radical (unpaired) electrons. The molecule has 1 amide bonds. The maximum Gasteiger partial charge on any atom is 0.387 e. The highest BCUT2D eigenvalue weighted by molar-refractivity contribution is 5.90. The zero-order valence-corrected chi connectivity index (χ0v) is 14.9. The van der Waals surface area contributed by atoms with Gasteiger partial charge in [0.05, 0.1) is 25.2 Å². The molecule has 1 saturated heterocycles. The molecule has 0 spiro atoms. The first-order valence-electron chi connectivity index (χ1n) is 7.96. The molecule has 1 rings (SSSR count). The molecule has 1 heterocycles. The summed E-state index contributed by atoms with van der Waals surface area (Å²) in [6.45, 7) is 2.02. The van der Waals surface area contributed by atoms with Crippen LogP contribution in [0.5, 0.6) is 0 Å². The van der Waals surface area contributed by atoms with E-state index in [-0.39, 0.29) is 0 Å². The number of esters is 3. The van der Waals surface area contributed by atoms with Gasteiger partial charge in [-0.25, -0.2) is 4.79 Å². The molecular formula is C15H23NO11. The number of carbonyl (C=O) groups is 4. The lowest BCUT2D eigenvalue weighted by Gasteiger charge is -2.46. The second kappa shape index (κ2) is 9.19. The maximum absolute atomic E-state index is 12.3. The van der Waals surface area contributed by atoms with Gasteiger partial charge >= 0.3 is 23.7 Å². The van der Waals surface area contributed by atoms with E-state index < -0.39 is 73.1 Å². The first kappa shape index (κ1) is 22.9. The molecule has 0 bridgehead atoms. The number of hydrogen-bond acceptors (Lipinski definition) is 11. The first-order valence-corrected chi connectivity index (χ1v) is 7.96. The Kier molecular flexibility index (Phi) is 7.80. The molecule has 27 heavy (non-hydrogen) atoms. The van der Waals surface area contributed by atoms with E-state index >= 15 is 0 Å². The van der Waals surface area contributed by atoms with Crippen LogP contribution in [0.3, 0.4) is 0 Å². The highest BCUT2D eigenvalue weighted by atomic mass is 16.8. The summed E-state index contributed by atoms with van der Waals surface area (Å²) >= 11 is 0. The third kappa shape index (κ3) is 5.68. The zero-order chi connectivity index (χ0) is 20.9. The SMILES string of the molecule is CC(=O)N[C@H]1[C@H]([C@H](O)[C@H](O)CO)OC(OC(C)=O)(C(=O)OC(C)=O)C[C@@H]1O. The van der Waals surface area contributed by atoms with Gasteiger partial charge in [0.15, 0.2) is 0 Å². The zero-order valence-electron chi connectivity index (χ0n) is 14.9. The van der Waals surface area contributed by atoms with Crippen LogP contribution in [0.1, 0.15) is 27.2 Å². The van der Waals surface area contributed by atoms with Crippen LogP contribution in [0, 0.1) is 0 Å². The van der Waals surface area contributed by atoms with Crippen molar-refractivity contribution in [2.75, 3.05) is 6.61 Å². The van der Waals surface area contributed by atoms with E-state index in [9.17, 15) is 34.5 Å². The number of nitrogens with one attached hydrogen (secondary N) is 1. The van der Waals surface area contributed by atoms with E-state index in [1.807, 2.05) is 0 Å². The van der Waals surface area contributed by atoms with Crippen LogP contribution in [0.25, 0.3) is 0 Å². The molecule has 0 aliphatic carbocycles. The van der Waals surface area contributed by atoms with Crippen molar-refractivity contribution in [3.63, 3.8) is 0 Å². The van der Waals surface area contributed by atoms with E-state index in [0.29, 0.717) is 0 Å². The standard InChI is InChI=1S/C15H23NO11/c1-6(18)16-11-9(21)4-15(26-8(3)20,14(24)25-7(2)19)27-13(11)12(23)10(22)5-17/h9-13,17,21-23H,4-5H2,1-3H3,(H,16,18)/t9-,10+,11+,12+,13+,15?/m0/s1. The van der Waals surface area contributed by atoms with Crippen LogP contribution in [-0.2, 0) is 33.4 Å². The second-order valence-corrected chi connectivity index (χ2v) is 6.05. The Hall–Kier alpha value is -2.12. The van der Waals surface area contributed by atoms with Crippen LogP contribution < -0.4 is 5.32 Å². The average Bonchev–Trinajstić information content (AvgIpc) is 2.54. The Balaban J connectivity index is 3.34. The Morgan fingerprint density at radius 1 is 1.19 bits per heavy atom. The Bertz CT molecular complexity index is 594. The molecule has 0 aromatic carbocycles. The fourth-order valence-corrected chi connectivity index (χ4v) is 2.66. The van der Waals surface area contributed by atoms with Gasteiger partial charge in [0.25, 0.3) is 0 Å². The minimum absolute atomic E-state index is 0.635. The minimum atomic E-state index is -2.62. The summed E-state index contributed by atoms with van der Waals surface area (Å²) < 4.78 is 14.6. The normalized spacial score (nSPS) is 30.0. The summed E-state index contributed by atoms with van der Waals surface area (Å²) in [6.07, 6.45) is -7.76. The molecule has 0 aromatic rings. The van der Waals surface area contributed by atoms with E-state index in [1.165, 1.54) is 0 Å². The van der Waals surface area contributed by atoms with E-state index in [4.69, 9.17) is 14.6 Å². The van der Waals surface area contributed by atoms with Gasteiger partial charge in [0.1, 0.15) is 18.3 Å². The van der Waals surface area contributed by atoms with Crippen molar-refractivity contribution >= 4 is 23.8 Å². The van der Waals surface area contributed by atoms with Gasteiger partial charge < -0.3 is 40.0 Å². The van der Waals surface area contributed by atoms with Crippen LogP contribution in [0.15, 0.2) is 0 Å². The lowest BCUT2D eigenvalue weighted by atomic mass is 9.88. The Labute approximate surface area is 154 Å². The van der Waals surface area contributed by atoms with Gasteiger partial charge in [0.2, 0.25) is 5.91 Å². The third-order valence-electron chi connectivity index (χ3n) is 3.72. The van der Waals surface area contributed by atoms with Gasteiger partial charge in [-0.05, 0) is 0 Å². The number of hydrogen-bond donors (Lipinski definition) is 5. The number of ether oxygens (including phenoxy) is 3. The number of aliphatic hydroxyl groups is 4. The molecule has 5 N–H and O–H groups in total. The van der Waals surface area contributed by atoms with Crippen LogP contribution >= 0.6 is 0 Å². The lowest BCUT2D eigenvalue weighted by Crippen LogP contribution is -2.68. The second-order valence-electron chi connectivity index (χ2n) is 6.05. The summed E-state index contributed by atoms with van der Waals surface area (Å²) in [4.78, 5) is 46.2. The average molecular weight is 393 g/mol. The van der Waals surface area contributed by atoms with E-state index in [1.54, 1.807) is 0 Å². The largest absolute Gasteiger partial charge is 0.421 e. The van der Waals surface area contributed by atoms with Gasteiger partial charge in [-0.2, -0.15) is 0 Å². The highest BCUT2D eigenvalue weighted by Crippen LogP contribution is 2.34. The quantitative estimate of drug-likeness (QED) is 0.224. The number of amides is 1. The molecule has 1 aliphatic heterocycles. The van der Waals surface area contributed by atoms with Gasteiger partial charge in [0, 0.05) is 20.8 Å². The summed E-state index contributed by atoms with van der Waals surface area (Å²) in [5.41, 5.74) is 0. The van der Waals surface area contributed by atoms with Crippen LogP contribution in [0.4, 0.5) is 0 Å². The summed E-state index contributed by atoms with van der Waals surface area (Å²) in [5.74, 6) is -6.81. The topological polar surface area (TPSA) is 189 Å². The Morgan fingerprint density at radius 2 is 1.78 bits per heavy atom. The van der Waals surface area contributed by atoms with E-state index in [0.717, 1.165) is 20.8 Å². The fraction of sp³-hybridized carbons (Fsp3) is 0.733. The number of aliphatic hydroxyl groups excluding tert-OH is 4. The molecule has 1 aliphatic rings. The Morgan fingerprint density at radius 3 is 2.22 bits per heavy atom.